The van der Waals surface area contributed by atoms with Gasteiger partial charge in [0.05, 0.1) is 6.61 Å². The van der Waals surface area contributed by atoms with Gasteiger partial charge in [0, 0.05) is 11.8 Å². The molecule has 1 unspecified atom stereocenters. The maximum absolute atomic E-state index is 11.9. The summed E-state index contributed by atoms with van der Waals surface area (Å²) >= 11 is 1.87. The van der Waals surface area contributed by atoms with Gasteiger partial charge in [-0.25, -0.2) is 0 Å². The first kappa shape index (κ1) is 15.4. The minimum absolute atomic E-state index is 0.0975. The predicted molar refractivity (Wildman–Crippen MR) is 83.8 cm³/mol. The lowest BCUT2D eigenvalue weighted by molar-refractivity contribution is -0.145. The van der Waals surface area contributed by atoms with E-state index in [2.05, 4.69) is 29.6 Å². The van der Waals surface area contributed by atoms with Gasteiger partial charge in [0.1, 0.15) is 6.04 Å². The van der Waals surface area contributed by atoms with E-state index in [0.29, 0.717) is 12.6 Å². The average molecular weight is 293 g/mol. The van der Waals surface area contributed by atoms with Crippen molar-refractivity contribution >= 4 is 17.7 Å². The molecule has 110 valence electrons. The summed E-state index contributed by atoms with van der Waals surface area (Å²) in [5, 5.41) is 3.39. The molecule has 0 aromatic heterocycles. The molecule has 4 heteroatoms. The molecule has 1 aromatic carbocycles. The number of hydrogen-bond acceptors (Lipinski definition) is 4. The summed E-state index contributed by atoms with van der Waals surface area (Å²) in [7, 11) is 0. The Bertz CT molecular complexity index is 406. The van der Waals surface area contributed by atoms with E-state index < -0.39 is 0 Å². The Labute approximate surface area is 125 Å². The van der Waals surface area contributed by atoms with Crippen LogP contribution in [0.5, 0.6) is 0 Å². The quantitative estimate of drug-likeness (QED) is 0.561. The van der Waals surface area contributed by atoms with E-state index in [4.69, 9.17) is 4.74 Å². The van der Waals surface area contributed by atoms with Crippen molar-refractivity contribution in [3.63, 3.8) is 0 Å². The number of esters is 1. The van der Waals surface area contributed by atoms with Crippen LogP contribution in [0, 0.1) is 0 Å². The molecule has 20 heavy (non-hydrogen) atoms. The first-order valence-electron chi connectivity index (χ1n) is 7.34. The molecule has 0 aliphatic heterocycles. The van der Waals surface area contributed by atoms with Crippen molar-refractivity contribution in [2.45, 2.75) is 44.0 Å². The highest BCUT2D eigenvalue weighted by atomic mass is 32.2. The third-order valence-corrected chi connectivity index (χ3v) is 4.31. The third-order valence-electron chi connectivity index (χ3n) is 3.25. The van der Waals surface area contributed by atoms with E-state index in [9.17, 15) is 4.79 Å². The summed E-state index contributed by atoms with van der Waals surface area (Å²) in [6.07, 6.45) is 3.22. The number of carbonyl (C=O) groups excluding carboxylic acids is 1. The molecule has 0 spiro atoms. The summed E-state index contributed by atoms with van der Waals surface area (Å²) in [6, 6.07) is 10.8. The average Bonchev–Trinajstić information content (AvgIpc) is 3.27. The topological polar surface area (TPSA) is 38.3 Å². The van der Waals surface area contributed by atoms with Gasteiger partial charge in [-0.1, -0.05) is 30.3 Å². The third kappa shape index (κ3) is 5.55. The van der Waals surface area contributed by atoms with Crippen molar-refractivity contribution in [3.05, 3.63) is 35.9 Å². The summed E-state index contributed by atoms with van der Waals surface area (Å²) in [4.78, 5) is 11.9. The van der Waals surface area contributed by atoms with Crippen LogP contribution in [0.25, 0.3) is 0 Å². The highest BCUT2D eigenvalue weighted by Gasteiger charge is 2.28. The van der Waals surface area contributed by atoms with Crippen LogP contribution in [0.3, 0.4) is 0 Å². The van der Waals surface area contributed by atoms with Gasteiger partial charge in [0.15, 0.2) is 0 Å². The van der Waals surface area contributed by atoms with Gasteiger partial charge in [0.25, 0.3) is 0 Å². The lowest BCUT2D eigenvalue weighted by atomic mass is 10.2. The fraction of sp³-hybridized carbons (Fsp3) is 0.562. The second-order valence-corrected chi connectivity index (χ2v) is 6.18. The molecule has 1 N–H and O–H groups in total. The Balaban J connectivity index is 1.69. The number of carbonyl (C=O) groups is 1. The Kier molecular flexibility index (Phi) is 6.40. The zero-order valence-corrected chi connectivity index (χ0v) is 12.8. The normalized spacial score (nSPS) is 15.8. The molecule has 1 fully saturated rings. The van der Waals surface area contributed by atoms with Crippen LogP contribution in [0.2, 0.25) is 0 Å². The van der Waals surface area contributed by atoms with Crippen LogP contribution in [-0.4, -0.2) is 30.4 Å². The maximum Gasteiger partial charge on any atom is 0.323 e. The Hall–Kier alpha value is -1.00. The minimum atomic E-state index is -0.134. The highest BCUT2D eigenvalue weighted by molar-refractivity contribution is 7.98. The van der Waals surface area contributed by atoms with Gasteiger partial charge in [0.2, 0.25) is 0 Å². The number of nitrogens with one attached hydrogen (secondary N) is 1. The molecule has 1 aromatic rings. The zero-order chi connectivity index (χ0) is 14.2. The molecule has 1 aliphatic rings. The number of thioether (sulfide) groups is 1. The van der Waals surface area contributed by atoms with Crippen molar-refractivity contribution in [1.29, 1.82) is 0 Å². The molecule has 0 bridgehead atoms. The molecule has 1 saturated carbocycles. The van der Waals surface area contributed by atoms with Gasteiger partial charge in [-0.15, -0.1) is 0 Å². The molecule has 1 atom stereocenters. The lowest BCUT2D eigenvalue weighted by Gasteiger charge is -2.16. The predicted octanol–water partition coefficient (Wildman–Crippen LogP) is 2.99. The Morgan fingerprint density at radius 2 is 2.15 bits per heavy atom. The molecule has 0 radical (unpaired) electrons. The molecular weight excluding hydrogens is 270 g/mol. The molecule has 0 amide bonds. The Morgan fingerprint density at radius 3 is 2.80 bits per heavy atom. The van der Waals surface area contributed by atoms with E-state index in [-0.39, 0.29) is 12.0 Å². The highest BCUT2D eigenvalue weighted by Crippen LogP contribution is 2.21. The molecule has 1 aliphatic carbocycles. The first-order valence-corrected chi connectivity index (χ1v) is 8.49. The molecule has 2 rings (SSSR count). The SMILES string of the molecule is CCOC(=O)C(CCSCc1ccccc1)NC1CC1. The first-order chi connectivity index (χ1) is 9.79. The fourth-order valence-corrected chi connectivity index (χ4v) is 2.99. The second kappa shape index (κ2) is 8.32. The van der Waals surface area contributed by atoms with Gasteiger partial charge in [-0.2, -0.15) is 11.8 Å². The maximum atomic E-state index is 11.9. The van der Waals surface area contributed by atoms with Crippen molar-refractivity contribution in [1.82, 2.24) is 5.32 Å². The van der Waals surface area contributed by atoms with E-state index >= 15 is 0 Å². The number of rotatable bonds is 9. The van der Waals surface area contributed by atoms with Crippen molar-refractivity contribution < 1.29 is 9.53 Å². The van der Waals surface area contributed by atoms with Crippen LogP contribution in [0.15, 0.2) is 30.3 Å². The van der Waals surface area contributed by atoms with Crippen molar-refractivity contribution in [2.75, 3.05) is 12.4 Å². The summed E-state index contributed by atoms with van der Waals surface area (Å²) in [5.41, 5.74) is 1.33. The summed E-state index contributed by atoms with van der Waals surface area (Å²) in [5.74, 6) is 1.87. The monoisotopic (exact) mass is 293 g/mol. The van der Waals surface area contributed by atoms with E-state index in [1.807, 2.05) is 24.8 Å². The number of ether oxygens (including phenoxy) is 1. The van der Waals surface area contributed by atoms with Crippen LogP contribution in [-0.2, 0) is 15.3 Å². The van der Waals surface area contributed by atoms with Gasteiger partial charge < -0.3 is 10.1 Å². The largest absolute Gasteiger partial charge is 0.465 e. The van der Waals surface area contributed by atoms with Crippen LogP contribution < -0.4 is 5.32 Å². The summed E-state index contributed by atoms with van der Waals surface area (Å²) < 4.78 is 5.14. The van der Waals surface area contributed by atoms with Crippen LogP contribution in [0.4, 0.5) is 0 Å². The van der Waals surface area contributed by atoms with Crippen molar-refractivity contribution in [2.24, 2.45) is 0 Å². The van der Waals surface area contributed by atoms with E-state index in [1.54, 1.807) is 0 Å². The molecule has 0 heterocycles. The van der Waals surface area contributed by atoms with Crippen LogP contribution in [0.1, 0.15) is 31.7 Å². The zero-order valence-electron chi connectivity index (χ0n) is 12.0. The fourth-order valence-electron chi connectivity index (χ4n) is 2.01. The Morgan fingerprint density at radius 1 is 1.40 bits per heavy atom. The minimum Gasteiger partial charge on any atom is -0.465 e. The van der Waals surface area contributed by atoms with E-state index in [0.717, 1.165) is 17.9 Å². The van der Waals surface area contributed by atoms with Gasteiger partial charge in [-0.3, -0.25) is 4.79 Å². The number of hydrogen-bond donors (Lipinski definition) is 1. The molecule has 0 saturated heterocycles. The second-order valence-electron chi connectivity index (χ2n) is 5.07. The molecular formula is C16H23NO2S. The van der Waals surface area contributed by atoms with E-state index in [1.165, 1.54) is 18.4 Å². The van der Waals surface area contributed by atoms with Gasteiger partial charge in [-0.05, 0) is 37.5 Å². The van der Waals surface area contributed by atoms with Crippen LogP contribution >= 0.6 is 11.8 Å². The summed E-state index contributed by atoms with van der Waals surface area (Å²) in [6.45, 7) is 2.31. The standard InChI is InChI=1S/C16H23NO2S/c1-2-19-16(18)15(17-14-8-9-14)10-11-20-12-13-6-4-3-5-7-13/h3-7,14-15,17H,2,8-12H2,1H3. The molecule has 3 nitrogen and oxygen atoms in total. The van der Waals surface area contributed by atoms with Crippen molar-refractivity contribution in [3.8, 4) is 0 Å². The smallest absolute Gasteiger partial charge is 0.323 e. The van der Waals surface area contributed by atoms with Gasteiger partial charge >= 0.3 is 5.97 Å². The lowest BCUT2D eigenvalue weighted by Crippen LogP contribution is -2.39. The number of benzene rings is 1.